The van der Waals surface area contributed by atoms with Crippen LogP contribution in [0.15, 0.2) is 24.3 Å². The van der Waals surface area contributed by atoms with Crippen molar-refractivity contribution in [2.75, 3.05) is 5.32 Å². The van der Waals surface area contributed by atoms with Gasteiger partial charge in [-0.2, -0.15) is 0 Å². The molecule has 1 aromatic rings. The molecule has 0 aliphatic carbocycles. The summed E-state index contributed by atoms with van der Waals surface area (Å²) in [6, 6.07) is 6.75. The molecule has 1 aromatic carbocycles. The lowest BCUT2D eigenvalue weighted by molar-refractivity contribution is -0.137. The molecule has 90 valence electrons. The van der Waals surface area contributed by atoms with E-state index in [1.165, 1.54) is 0 Å². The summed E-state index contributed by atoms with van der Waals surface area (Å²) >= 11 is 10.6. The van der Waals surface area contributed by atoms with E-state index in [4.69, 9.17) is 29.6 Å². The Bertz CT molecular complexity index is 449. The van der Waals surface area contributed by atoms with Crippen LogP contribution in [0.4, 0.5) is 5.69 Å². The average molecular weight is 273 g/mol. The van der Waals surface area contributed by atoms with Gasteiger partial charge in [-0.25, -0.2) is 0 Å². The average Bonchev–Trinajstić information content (AvgIpc) is 2.29. The van der Waals surface area contributed by atoms with Crippen LogP contribution in [0.5, 0.6) is 0 Å². The van der Waals surface area contributed by atoms with Crippen molar-refractivity contribution in [1.29, 1.82) is 0 Å². The third kappa shape index (κ3) is 4.66. The Morgan fingerprint density at radius 2 is 1.76 bits per heavy atom. The van der Waals surface area contributed by atoms with Gasteiger partial charge in [0.1, 0.15) is 0 Å². The molecule has 0 heterocycles. The first kappa shape index (κ1) is 13.2. The van der Waals surface area contributed by atoms with E-state index in [1.54, 1.807) is 24.3 Å². The maximum atomic E-state index is 10.8. The van der Waals surface area contributed by atoms with Crippen LogP contribution in [0.25, 0.3) is 0 Å². The molecule has 0 saturated carbocycles. The Morgan fingerprint density at radius 1 is 1.18 bits per heavy atom. The SMILES string of the molecule is NC(=O)C(=O)NNC(=S)Nc1ccc(Cl)cc1. The molecule has 0 bridgehead atoms. The normalized spacial score (nSPS) is 9.24. The second kappa shape index (κ2) is 6.02. The van der Waals surface area contributed by atoms with Crippen LogP contribution in [-0.2, 0) is 9.59 Å². The summed E-state index contributed by atoms with van der Waals surface area (Å²) in [5.74, 6) is -2.09. The second-order valence-corrected chi connectivity index (χ2v) is 3.75. The Labute approximate surface area is 107 Å². The third-order valence-corrected chi connectivity index (χ3v) is 2.07. The molecule has 6 nitrogen and oxygen atoms in total. The predicted octanol–water partition coefficient (Wildman–Crippen LogP) is 0.143. The molecular formula is C9H9ClN4O2S. The van der Waals surface area contributed by atoms with Crippen molar-refractivity contribution in [1.82, 2.24) is 10.9 Å². The van der Waals surface area contributed by atoms with Crippen LogP contribution in [0.1, 0.15) is 0 Å². The first-order valence-corrected chi connectivity index (χ1v) is 5.20. The summed E-state index contributed by atoms with van der Waals surface area (Å²) < 4.78 is 0. The minimum absolute atomic E-state index is 0.113. The summed E-state index contributed by atoms with van der Waals surface area (Å²) in [6.45, 7) is 0. The molecule has 0 aliphatic rings. The largest absolute Gasteiger partial charge is 0.361 e. The van der Waals surface area contributed by atoms with Gasteiger partial charge in [0, 0.05) is 10.7 Å². The van der Waals surface area contributed by atoms with Crippen molar-refractivity contribution in [2.45, 2.75) is 0 Å². The minimum atomic E-state index is -1.10. The number of thiocarbonyl (C=S) groups is 1. The molecule has 0 aromatic heterocycles. The van der Waals surface area contributed by atoms with Crippen molar-refractivity contribution in [2.24, 2.45) is 5.73 Å². The van der Waals surface area contributed by atoms with Gasteiger partial charge in [0.05, 0.1) is 0 Å². The highest BCUT2D eigenvalue weighted by Crippen LogP contribution is 2.12. The van der Waals surface area contributed by atoms with Gasteiger partial charge in [0.25, 0.3) is 0 Å². The van der Waals surface area contributed by atoms with Gasteiger partial charge in [-0.1, -0.05) is 11.6 Å². The summed E-state index contributed by atoms with van der Waals surface area (Å²) in [6.07, 6.45) is 0. The number of nitrogens with two attached hydrogens (primary N) is 1. The number of primary amides is 1. The highest BCUT2D eigenvalue weighted by atomic mass is 35.5. The zero-order valence-electron chi connectivity index (χ0n) is 8.49. The van der Waals surface area contributed by atoms with E-state index >= 15 is 0 Å². The molecule has 0 atom stereocenters. The number of carbonyl (C=O) groups excluding carboxylic acids is 2. The molecule has 8 heteroatoms. The quantitative estimate of drug-likeness (QED) is 0.331. The number of hydrazine groups is 1. The summed E-state index contributed by atoms with van der Waals surface area (Å²) in [4.78, 5) is 21.2. The van der Waals surface area contributed by atoms with Gasteiger partial charge in [-0.05, 0) is 36.5 Å². The van der Waals surface area contributed by atoms with Crippen LogP contribution in [-0.4, -0.2) is 16.9 Å². The molecule has 0 aliphatic heterocycles. The van der Waals surface area contributed by atoms with E-state index in [9.17, 15) is 9.59 Å². The van der Waals surface area contributed by atoms with Crippen LogP contribution in [0.3, 0.4) is 0 Å². The molecule has 2 amide bonds. The third-order valence-electron chi connectivity index (χ3n) is 1.62. The van der Waals surface area contributed by atoms with Crippen LogP contribution in [0.2, 0.25) is 5.02 Å². The molecule has 5 N–H and O–H groups in total. The summed E-state index contributed by atoms with van der Waals surface area (Å²) in [5, 5.41) is 3.47. The van der Waals surface area contributed by atoms with Gasteiger partial charge in [0.2, 0.25) is 0 Å². The Morgan fingerprint density at radius 3 is 2.29 bits per heavy atom. The number of amides is 2. The molecule has 0 unspecified atom stereocenters. The lowest BCUT2D eigenvalue weighted by Crippen LogP contribution is -2.48. The van der Waals surface area contributed by atoms with Crippen molar-refractivity contribution in [3.63, 3.8) is 0 Å². The Balaban J connectivity index is 2.42. The van der Waals surface area contributed by atoms with Crippen molar-refractivity contribution in [3.8, 4) is 0 Å². The molecule has 0 spiro atoms. The second-order valence-electron chi connectivity index (χ2n) is 2.90. The van der Waals surface area contributed by atoms with E-state index in [1.807, 2.05) is 5.43 Å². The number of anilines is 1. The van der Waals surface area contributed by atoms with Crippen LogP contribution >= 0.6 is 23.8 Å². The number of halogens is 1. The Kier molecular flexibility index (Phi) is 4.68. The standard InChI is InChI=1S/C9H9ClN4O2S/c10-5-1-3-6(4-2-5)12-9(17)14-13-8(16)7(11)15/h1-4H,(H2,11,15)(H,13,16)(H2,12,14,17). The van der Waals surface area contributed by atoms with Gasteiger partial charge >= 0.3 is 11.8 Å². The van der Waals surface area contributed by atoms with Crippen molar-refractivity contribution in [3.05, 3.63) is 29.3 Å². The van der Waals surface area contributed by atoms with Gasteiger partial charge in [-0.3, -0.25) is 20.4 Å². The molecule has 0 fully saturated rings. The topological polar surface area (TPSA) is 96.2 Å². The number of rotatable bonds is 1. The number of carbonyl (C=O) groups is 2. The highest BCUT2D eigenvalue weighted by molar-refractivity contribution is 7.80. The fraction of sp³-hybridized carbons (Fsp3) is 0. The van der Waals surface area contributed by atoms with Crippen LogP contribution in [0, 0.1) is 0 Å². The smallest absolute Gasteiger partial charge is 0.327 e. The lowest BCUT2D eigenvalue weighted by atomic mass is 10.3. The minimum Gasteiger partial charge on any atom is -0.361 e. The molecule has 17 heavy (non-hydrogen) atoms. The monoisotopic (exact) mass is 272 g/mol. The maximum Gasteiger partial charge on any atom is 0.327 e. The molecular weight excluding hydrogens is 264 g/mol. The van der Waals surface area contributed by atoms with E-state index in [-0.39, 0.29) is 5.11 Å². The van der Waals surface area contributed by atoms with E-state index in [2.05, 4.69) is 10.7 Å². The van der Waals surface area contributed by atoms with E-state index in [0.717, 1.165) is 0 Å². The van der Waals surface area contributed by atoms with Crippen molar-refractivity contribution < 1.29 is 9.59 Å². The number of nitrogens with one attached hydrogen (secondary N) is 3. The maximum absolute atomic E-state index is 10.8. The van der Waals surface area contributed by atoms with E-state index < -0.39 is 11.8 Å². The predicted molar refractivity (Wildman–Crippen MR) is 68.1 cm³/mol. The first-order valence-electron chi connectivity index (χ1n) is 4.41. The summed E-state index contributed by atoms with van der Waals surface area (Å²) in [7, 11) is 0. The van der Waals surface area contributed by atoms with Gasteiger partial charge < -0.3 is 11.1 Å². The first-order chi connectivity index (χ1) is 7.99. The van der Waals surface area contributed by atoms with E-state index in [0.29, 0.717) is 10.7 Å². The lowest BCUT2D eigenvalue weighted by Gasteiger charge is -2.10. The van der Waals surface area contributed by atoms with Crippen molar-refractivity contribution >= 4 is 46.4 Å². The number of benzene rings is 1. The fourth-order valence-corrected chi connectivity index (χ4v) is 1.17. The molecule has 0 radical (unpaired) electrons. The Hall–Kier alpha value is -1.86. The number of hydrogen-bond acceptors (Lipinski definition) is 3. The molecule has 1 rings (SSSR count). The fourth-order valence-electron chi connectivity index (χ4n) is 0.871. The molecule has 0 saturated heterocycles. The zero-order chi connectivity index (χ0) is 12.8. The number of hydrogen-bond donors (Lipinski definition) is 4. The van der Waals surface area contributed by atoms with Crippen LogP contribution < -0.4 is 21.9 Å². The highest BCUT2D eigenvalue weighted by Gasteiger charge is 2.07. The summed E-state index contributed by atoms with van der Waals surface area (Å²) in [5.41, 5.74) is 9.74. The van der Waals surface area contributed by atoms with Gasteiger partial charge in [0.15, 0.2) is 5.11 Å². The van der Waals surface area contributed by atoms with Gasteiger partial charge in [-0.15, -0.1) is 0 Å². The zero-order valence-corrected chi connectivity index (χ0v) is 10.1.